The van der Waals surface area contributed by atoms with E-state index in [9.17, 15) is 8.42 Å². The Labute approximate surface area is 117 Å². The van der Waals surface area contributed by atoms with Gasteiger partial charge in [0, 0.05) is 7.05 Å². The van der Waals surface area contributed by atoms with Gasteiger partial charge in [-0.2, -0.15) is 5.10 Å². The number of halogens is 1. The average molecular weight is 351 g/mol. The van der Waals surface area contributed by atoms with E-state index >= 15 is 0 Å². The summed E-state index contributed by atoms with van der Waals surface area (Å²) in [5, 5.41) is 4.00. The van der Waals surface area contributed by atoms with E-state index in [-0.39, 0.29) is 10.8 Å². The summed E-state index contributed by atoms with van der Waals surface area (Å²) < 4.78 is 29.1. The Bertz CT molecular complexity index is 642. The highest BCUT2D eigenvalue weighted by atomic mass is 79.9. The fourth-order valence-electron chi connectivity index (χ4n) is 1.26. The van der Waals surface area contributed by atoms with Gasteiger partial charge in [-0.25, -0.2) is 18.1 Å². The van der Waals surface area contributed by atoms with E-state index in [0.29, 0.717) is 5.82 Å². The monoisotopic (exact) mass is 350 g/mol. The van der Waals surface area contributed by atoms with Crippen LogP contribution in [-0.2, 0) is 23.6 Å². The van der Waals surface area contributed by atoms with Crippen molar-refractivity contribution in [2.75, 3.05) is 0 Å². The molecular weight excluding hydrogens is 340 g/mol. The lowest BCUT2D eigenvalue weighted by molar-refractivity contribution is 0.580. The van der Waals surface area contributed by atoms with Crippen LogP contribution in [0.5, 0.6) is 0 Å². The minimum Gasteiger partial charge on any atom is -0.256 e. The molecule has 2 heterocycles. The Kier molecular flexibility index (Phi) is 3.85. The standard InChI is InChI=1S/C9H11BrN4O2S2/c1-6-3-8(17-9(6)10)18(15,16)12-4-7-11-5-14(2)13-7/h3,5,12H,4H2,1-2H3. The molecule has 0 aliphatic heterocycles. The third-order valence-electron chi connectivity index (χ3n) is 2.17. The van der Waals surface area contributed by atoms with Gasteiger partial charge in [0.05, 0.1) is 10.3 Å². The normalized spacial score (nSPS) is 11.9. The lowest BCUT2D eigenvalue weighted by Crippen LogP contribution is -2.23. The van der Waals surface area contributed by atoms with Crippen molar-refractivity contribution >= 4 is 37.3 Å². The molecule has 2 rings (SSSR count). The number of thiophene rings is 1. The zero-order valence-corrected chi connectivity index (χ0v) is 12.9. The van der Waals surface area contributed by atoms with Crippen molar-refractivity contribution in [2.24, 2.45) is 7.05 Å². The van der Waals surface area contributed by atoms with Crippen molar-refractivity contribution in [1.82, 2.24) is 19.5 Å². The van der Waals surface area contributed by atoms with Gasteiger partial charge in [0.1, 0.15) is 10.5 Å². The van der Waals surface area contributed by atoms with Gasteiger partial charge in [0.25, 0.3) is 10.0 Å². The molecule has 2 aromatic heterocycles. The van der Waals surface area contributed by atoms with Crippen molar-refractivity contribution in [3.05, 3.63) is 27.6 Å². The molecule has 1 N–H and O–H groups in total. The Balaban J connectivity index is 2.12. The third-order valence-corrected chi connectivity index (χ3v) is 6.18. The summed E-state index contributed by atoms with van der Waals surface area (Å²) in [5.41, 5.74) is 0.899. The predicted octanol–water partition coefficient (Wildman–Crippen LogP) is 1.43. The molecule has 0 unspecified atom stereocenters. The molecule has 18 heavy (non-hydrogen) atoms. The van der Waals surface area contributed by atoms with Crippen LogP contribution in [0, 0.1) is 6.92 Å². The molecule has 0 aliphatic carbocycles. The quantitative estimate of drug-likeness (QED) is 0.904. The SMILES string of the molecule is Cc1cc(S(=O)(=O)NCc2ncn(C)n2)sc1Br. The topological polar surface area (TPSA) is 76.9 Å². The largest absolute Gasteiger partial charge is 0.256 e. The van der Waals surface area contributed by atoms with Gasteiger partial charge >= 0.3 is 0 Å². The summed E-state index contributed by atoms with van der Waals surface area (Å²) in [6.45, 7) is 1.93. The van der Waals surface area contributed by atoms with Gasteiger partial charge in [0.2, 0.25) is 0 Å². The molecule has 0 bridgehead atoms. The van der Waals surface area contributed by atoms with Crippen LogP contribution in [0.3, 0.4) is 0 Å². The number of nitrogens with zero attached hydrogens (tertiary/aromatic N) is 3. The number of hydrogen-bond acceptors (Lipinski definition) is 5. The minimum atomic E-state index is -3.50. The molecule has 0 radical (unpaired) electrons. The van der Waals surface area contributed by atoms with Crippen LogP contribution in [0.15, 0.2) is 20.4 Å². The predicted molar refractivity (Wildman–Crippen MR) is 71.8 cm³/mol. The van der Waals surface area contributed by atoms with Gasteiger partial charge < -0.3 is 0 Å². The summed E-state index contributed by atoms with van der Waals surface area (Å²) in [7, 11) is -1.77. The average Bonchev–Trinajstić information content (AvgIpc) is 2.84. The number of sulfonamides is 1. The van der Waals surface area contributed by atoms with E-state index in [2.05, 4.69) is 30.7 Å². The molecule has 0 saturated carbocycles. The Morgan fingerprint density at radius 3 is 2.78 bits per heavy atom. The molecule has 0 aliphatic rings. The number of aryl methyl sites for hydroxylation is 2. The molecule has 0 spiro atoms. The van der Waals surface area contributed by atoms with Crippen molar-refractivity contribution < 1.29 is 8.42 Å². The van der Waals surface area contributed by atoms with Gasteiger partial charge in [-0.1, -0.05) is 0 Å². The molecule has 0 aromatic carbocycles. The number of nitrogens with one attached hydrogen (secondary N) is 1. The highest BCUT2D eigenvalue weighted by Crippen LogP contribution is 2.30. The number of rotatable bonds is 4. The van der Waals surface area contributed by atoms with E-state index < -0.39 is 10.0 Å². The lowest BCUT2D eigenvalue weighted by atomic mass is 10.4. The lowest BCUT2D eigenvalue weighted by Gasteiger charge is -2.01. The summed E-state index contributed by atoms with van der Waals surface area (Å²) in [5.74, 6) is 0.438. The van der Waals surface area contributed by atoms with E-state index in [1.54, 1.807) is 13.1 Å². The summed E-state index contributed by atoms with van der Waals surface area (Å²) >= 11 is 4.49. The van der Waals surface area contributed by atoms with Gasteiger partial charge in [-0.3, -0.25) is 4.68 Å². The molecule has 0 amide bonds. The number of hydrogen-bond donors (Lipinski definition) is 1. The van der Waals surface area contributed by atoms with Crippen molar-refractivity contribution in [3.63, 3.8) is 0 Å². The maximum atomic E-state index is 12.0. The third kappa shape index (κ3) is 2.97. The molecule has 0 fully saturated rings. The van der Waals surface area contributed by atoms with E-state index in [1.807, 2.05) is 6.92 Å². The van der Waals surface area contributed by atoms with Gasteiger partial charge in [0.15, 0.2) is 5.82 Å². The molecule has 98 valence electrons. The first-order valence-electron chi connectivity index (χ1n) is 4.98. The summed E-state index contributed by atoms with van der Waals surface area (Å²) in [6, 6.07) is 1.63. The van der Waals surface area contributed by atoms with Crippen LogP contribution in [0.2, 0.25) is 0 Å². The second-order valence-corrected chi connectivity index (χ2v) is 8.05. The molecule has 2 aromatic rings. The first-order valence-corrected chi connectivity index (χ1v) is 8.08. The van der Waals surface area contributed by atoms with Crippen molar-refractivity contribution in [1.29, 1.82) is 0 Å². The fourth-order valence-corrected chi connectivity index (χ4v) is 4.51. The molecular formula is C9H11BrN4O2S2. The first kappa shape index (κ1) is 13.7. The fraction of sp³-hybridized carbons (Fsp3) is 0.333. The van der Waals surface area contributed by atoms with Crippen molar-refractivity contribution in [2.45, 2.75) is 17.7 Å². The van der Waals surface area contributed by atoms with Crippen LogP contribution < -0.4 is 4.72 Å². The Hall–Kier alpha value is -0.770. The second-order valence-electron chi connectivity index (χ2n) is 3.68. The van der Waals surface area contributed by atoms with E-state index in [4.69, 9.17) is 0 Å². The first-order chi connectivity index (χ1) is 8.38. The maximum Gasteiger partial charge on any atom is 0.250 e. The van der Waals surface area contributed by atoms with Crippen LogP contribution in [0.25, 0.3) is 0 Å². The summed E-state index contributed by atoms with van der Waals surface area (Å²) in [4.78, 5) is 3.95. The Morgan fingerprint density at radius 1 is 1.56 bits per heavy atom. The maximum absolute atomic E-state index is 12.0. The highest BCUT2D eigenvalue weighted by Gasteiger charge is 2.18. The molecule has 0 atom stereocenters. The zero-order chi connectivity index (χ0) is 13.3. The van der Waals surface area contributed by atoms with Gasteiger partial charge in [-0.15, -0.1) is 11.3 Å². The van der Waals surface area contributed by atoms with Crippen molar-refractivity contribution in [3.8, 4) is 0 Å². The molecule has 9 heteroatoms. The van der Waals surface area contributed by atoms with E-state index in [1.165, 1.54) is 22.3 Å². The van der Waals surface area contributed by atoms with Crippen LogP contribution >= 0.6 is 27.3 Å². The Morgan fingerprint density at radius 2 is 2.28 bits per heavy atom. The smallest absolute Gasteiger partial charge is 0.250 e. The van der Waals surface area contributed by atoms with Crippen LogP contribution in [-0.4, -0.2) is 23.2 Å². The van der Waals surface area contributed by atoms with Gasteiger partial charge in [-0.05, 0) is 34.5 Å². The minimum absolute atomic E-state index is 0.0811. The highest BCUT2D eigenvalue weighted by molar-refractivity contribution is 9.11. The van der Waals surface area contributed by atoms with E-state index in [0.717, 1.165) is 9.35 Å². The number of aromatic nitrogens is 3. The zero-order valence-electron chi connectivity index (χ0n) is 9.71. The molecule has 0 saturated heterocycles. The summed E-state index contributed by atoms with van der Waals surface area (Å²) in [6.07, 6.45) is 1.52. The second kappa shape index (κ2) is 5.08. The molecule has 6 nitrogen and oxygen atoms in total. The van der Waals surface area contributed by atoms with Crippen LogP contribution in [0.4, 0.5) is 0 Å². The van der Waals surface area contributed by atoms with Crippen LogP contribution in [0.1, 0.15) is 11.4 Å².